The first kappa shape index (κ1) is 10.0. The molecule has 0 unspecified atom stereocenters. The van der Waals surface area contributed by atoms with Gasteiger partial charge in [0, 0.05) is 6.54 Å². The average Bonchev–Trinajstić information content (AvgIpc) is 2.71. The van der Waals surface area contributed by atoms with Crippen molar-refractivity contribution >= 4 is 5.84 Å². The number of aliphatic imine (C=N–C) groups is 1. The number of nitrogens with zero attached hydrogens (tertiary/aromatic N) is 1. The number of hydrogen-bond acceptors (Lipinski definition) is 3. The van der Waals surface area contributed by atoms with Crippen molar-refractivity contribution in [2.75, 3.05) is 13.1 Å². The first-order chi connectivity index (χ1) is 7.18. The molecule has 1 aromatic rings. The third-order valence-corrected chi connectivity index (χ3v) is 2.62. The van der Waals surface area contributed by atoms with E-state index in [9.17, 15) is 5.11 Å². The summed E-state index contributed by atoms with van der Waals surface area (Å²) >= 11 is 0. The van der Waals surface area contributed by atoms with Crippen molar-refractivity contribution < 1.29 is 5.11 Å². The van der Waals surface area contributed by atoms with Crippen LogP contribution in [-0.4, -0.2) is 24.0 Å². The summed E-state index contributed by atoms with van der Waals surface area (Å²) in [6, 6.07) is 5.71. The third-order valence-electron chi connectivity index (χ3n) is 2.62. The Kier molecular flexibility index (Phi) is 2.62. The van der Waals surface area contributed by atoms with E-state index in [-0.39, 0.29) is 0 Å². The van der Waals surface area contributed by atoms with Crippen LogP contribution < -0.4 is 5.32 Å². The zero-order valence-electron chi connectivity index (χ0n) is 9.12. The SMILES string of the molecule is CC(C)c1ccc(O)c(C2=NCCN2)c1. The van der Waals surface area contributed by atoms with Crippen LogP contribution in [0.3, 0.4) is 0 Å². The number of hydrogen-bond donors (Lipinski definition) is 2. The lowest BCUT2D eigenvalue weighted by atomic mass is 10.00. The van der Waals surface area contributed by atoms with Gasteiger partial charge in [-0.25, -0.2) is 0 Å². The second-order valence-electron chi connectivity index (χ2n) is 4.09. The van der Waals surface area contributed by atoms with E-state index in [2.05, 4.69) is 24.2 Å². The van der Waals surface area contributed by atoms with Crippen LogP contribution in [0.4, 0.5) is 0 Å². The minimum Gasteiger partial charge on any atom is -0.507 e. The molecule has 3 heteroatoms. The fourth-order valence-electron chi connectivity index (χ4n) is 1.68. The lowest BCUT2D eigenvalue weighted by Gasteiger charge is -2.10. The van der Waals surface area contributed by atoms with Gasteiger partial charge in [-0.15, -0.1) is 0 Å². The van der Waals surface area contributed by atoms with Crippen molar-refractivity contribution in [3.63, 3.8) is 0 Å². The molecule has 0 radical (unpaired) electrons. The summed E-state index contributed by atoms with van der Waals surface area (Å²) in [5, 5.41) is 12.9. The predicted molar refractivity (Wildman–Crippen MR) is 61.6 cm³/mol. The van der Waals surface area contributed by atoms with Gasteiger partial charge in [-0.3, -0.25) is 4.99 Å². The highest BCUT2D eigenvalue weighted by Crippen LogP contribution is 2.23. The van der Waals surface area contributed by atoms with Gasteiger partial charge >= 0.3 is 0 Å². The first-order valence-electron chi connectivity index (χ1n) is 5.30. The smallest absolute Gasteiger partial charge is 0.132 e. The first-order valence-corrected chi connectivity index (χ1v) is 5.30. The van der Waals surface area contributed by atoms with E-state index < -0.39 is 0 Å². The Bertz CT molecular complexity index is 397. The van der Waals surface area contributed by atoms with E-state index >= 15 is 0 Å². The molecule has 15 heavy (non-hydrogen) atoms. The molecule has 0 aromatic heterocycles. The Morgan fingerprint density at radius 1 is 1.40 bits per heavy atom. The van der Waals surface area contributed by atoms with Crippen molar-refractivity contribution in [3.05, 3.63) is 29.3 Å². The van der Waals surface area contributed by atoms with Crippen LogP contribution >= 0.6 is 0 Å². The molecule has 0 aliphatic carbocycles. The Morgan fingerprint density at radius 3 is 2.80 bits per heavy atom. The summed E-state index contributed by atoms with van der Waals surface area (Å²) in [5.41, 5.74) is 2.04. The minimum atomic E-state index is 0.299. The number of rotatable bonds is 2. The van der Waals surface area contributed by atoms with Crippen molar-refractivity contribution in [1.29, 1.82) is 0 Å². The van der Waals surface area contributed by atoms with Gasteiger partial charge in [0.2, 0.25) is 0 Å². The van der Waals surface area contributed by atoms with Gasteiger partial charge in [-0.2, -0.15) is 0 Å². The van der Waals surface area contributed by atoms with Gasteiger partial charge in [-0.1, -0.05) is 19.9 Å². The molecule has 0 atom stereocenters. The van der Waals surface area contributed by atoms with Crippen molar-refractivity contribution in [2.45, 2.75) is 19.8 Å². The minimum absolute atomic E-state index is 0.299. The summed E-state index contributed by atoms with van der Waals surface area (Å²) in [7, 11) is 0. The fraction of sp³-hybridized carbons (Fsp3) is 0.417. The Morgan fingerprint density at radius 2 is 2.20 bits per heavy atom. The number of phenolic OH excluding ortho intramolecular Hbond substituents is 1. The molecular formula is C12H16N2O. The normalized spacial score (nSPS) is 15.3. The van der Waals surface area contributed by atoms with Crippen molar-refractivity contribution in [1.82, 2.24) is 5.32 Å². The highest BCUT2D eigenvalue weighted by Gasteiger charge is 2.13. The quantitative estimate of drug-likeness (QED) is 0.772. The maximum Gasteiger partial charge on any atom is 0.132 e. The number of phenols is 1. The predicted octanol–water partition coefficient (Wildman–Crippen LogP) is 1.87. The molecule has 0 bridgehead atoms. The molecule has 2 rings (SSSR count). The second-order valence-corrected chi connectivity index (χ2v) is 4.09. The zero-order chi connectivity index (χ0) is 10.8. The van der Waals surface area contributed by atoms with Crippen LogP contribution in [0.25, 0.3) is 0 Å². The van der Waals surface area contributed by atoms with E-state index in [1.807, 2.05) is 12.1 Å². The molecule has 3 nitrogen and oxygen atoms in total. The topological polar surface area (TPSA) is 44.6 Å². The van der Waals surface area contributed by atoms with Crippen LogP contribution in [0, 0.1) is 0 Å². The summed E-state index contributed by atoms with van der Waals surface area (Å²) < 4.78 is 0. The van der Waals surface area contributed by atoms with E-state index in [0.717, 1.165) is 24.5 Å². The Labute approximate surface area is 89.9 Å². The van der Waals surface area contributed by atoms with Crippen LogP contribution in [0.2, 0.25) is 0 Å². The fourth-order valence-corrected chi connectivity index (χ4v) is 1.68. The van der Waals surface area contributed by atoms with Crippen LogP contribution in [0.15, 0.2) is 23.2 Å². The maximum atomic E-state index is 9.76. The van der Waals surface area contributed by atoms with E-state index in [1.54, 1.807) is 6.07 Å². The second kappa shape index (κ2) is 3.93. The largest absolute Gasteiger partial charge is 0.507 e. The molecule has 0 fully saturated rings. The number of benzene rings is 1. The summed E-state index contributed by atoms with van der Waals surface area (Å²) in [5.74, 6) is 1.58. The summed E-state index contributed by atoms with van der Waals surface area (Å²) in [4.78, 5) is 4.31. The van der Waals surface area contributed by atoms with Gasteiger partial charge < -0.3 is 10.4 Å². The van der Waals surface area contributed by atoms with Gasteiger partial charge in [0.1, 0.15) is 11.6 Å². The van der Waals surface area contributed by atoms with Gasteiger partial charge in [0.25, 0.3) is 0 Å². The van der Waals surface area contributed by atoms with Crippen LogP contribution in [0.5, 0.6) is 5.75 Å². The molecule has 1 aliphatic rings. The number of nitrogens with one attached hydrogen (secondary N) is 1. The zero-order valence-corrected chi connectivity index (χ0v) is 9.12. The van der Waals surface area contributed by atoms with Gasteiger partial charge in [0.15, 0.2) is 0 Å². The number of aromatic hydroxyl groups is 1. The van der Waals surface area contributed by atoms with E-state index in [0.29, 0.717) is 11.7 Å². The maximum absolute atomic E-state index is 9.76. The molecule has 0 saturated carbocycles. The molecular weight excluding hydrogens is 188 g/mol. The summed E-state index contributed by atoms with van der Waals surface area (Å²) in [6.45, 7) is 5.93. The van der Waals surface area contributed by atoms with Gasteiger partial charge in [0.05, 0.1) is 12.1 Å². The molecule has 1 aromatic carbocycles. The molecule has 1 heterocycles. The van der Waals surface area contributed by atoms with Crippen molar-refractivity contribution in [2.24, 2.45) is 4.99 Å². The van der Waals surface area contributed by atoms with Crippen molar-refractivity contribution in [3.8, 4) is 5.75 Å². The molecule has 80 valence electrons. The average molecular weight is 204 g/mol. The monoisotopic (exact) mass is 204 g/mol. The standard InChI is InChI=1S/C12H16N2O/c1-8(2)9-3-4-11(15)10(7-9)12-13-5-6-14-12/h3-4,7-8,15H,5-6H2,1-2H3,(H,13,14). The molecule has 1 aliphatic heterocycles. The molecule has 0 amide bonds. The van der Waals surface area contributed by atoms with Gasteiger partial charge in [-0.05, 0) is 23.6 Å². The lowest BCUT2D eigenvalue weighted by molar-refractivity contribution is 0.473. The number of amidine groups is 1. The third kappa shape index (κ3) is 1.96. The Hall–Kier alpha value is -1.51. The van der Waals surface area contributed by atoms with E-state index in [1.165, 1.54) is 5.56 Å². The molecule has 2 N–H and O–H groups in total. The van der Waals surface area contributed by atoms with Crippen LogP contribution in [0.1, 0.15) is 30.9 Å². The van der Waals surface area contributed by atoms with Crippen LogP contribution in [-0.2, 0) is 0 Å². The highest BCUT2D eigenvalue weighted by atomic mass is 16.3. The van der Waals surface area contributed by atoms with E-state index in [4.69, 9.17) is 0 Å². The Balaban J connectivity index is 2.40. The highest BCUT2D eigenvalue weighted by molar-refractivity contribution is 6.02. The lowest BCUT2D eigenvalue weighted by Crippen LogP contribution is -2.19. The molecule has 0 saturated heterocycles. The molecule has 0 spiro atoms. The summed E-state index contributed by atoms with van der Waals surface area (Å²) in [6.07, 6.45) is 0.